The van der Waals surface area contributed by atoms with E-state index in [0.717, 1.165) is 37.4 Å². The molecule has 0 saturated carbocycles. The van der Waals surface area contributed by atoms with Crippen LogP contribution < -0.4 is 0 Å². The van der Waals surface area contributed by atoms with Gasteiger partial charge in [0, 0.05) is 36.3 Å². The van der Waals surface area contributed by atoms with Crippen molar-refractivity contribution in [2.45, 2.75) is 26.4 Å². The van der Waals surface area contributed by atoms with Crippen LogP contribution in [0.4, 0.5) is 0 Å². The molecule has 4 heteroatoms. The predicted octanol–water partition coefficient (Wildman–Crippen LogP) is 4.07. The fourth-order valence-electron chi connectivity index (χ4n) is 3.01. The van der Waals surface area contributed by atoms with E-state index in [9.17, 15) is 0 Å². The molecule has 0 aliphatic carbocycles. The van der Waals surface area contributed by atoms with Crippen LogP contribution >= 0.6 is 11.3 Å². The van der Waals surface area contributed by atoms with Crippen LogP contribution in [0.25, 0.3) is 11.4 Å². The van der Waals surface area contributed by atoms with E-state index in [2.05, 4.69) is 40.4 Å². The fraction of sp³-hybridized carbons (Fsp3) is 0.263. The molecule has 1 aromatic carbocycles. The van der Waals surface area contributed by atoms with Crippen molar-refractivity contribution in [2.75, 3.05) is 6.54 Å². The monoisotopic (exact) mass is 321 g/mol. The van der Waals surface area contributed by atoms with Gasteiger partial charge in [0.15, 0.2) is 5.82 Å². The molecule has 1 aliphatic rings. The molecule has 116 valence electrons. The molecule has 0 bridgehead atoms. The van der Waals surface area contributed by atoms with Gasteiger partial charge in [-0.3, -0.25) is 4.90 Å². The lowest BCUT2D eigenvalue weighted by Gasteiger charge is -2.27. The minimum Gasteiger partial charge on any atom is -0.292 e. The summed E-state index contributed by atoms with van der Waals surface area (Å²) < 4.78 is 0. The molecule has 3 aromatic rings. The van der Waals surface area contributed by atoms with Crippen LogP contribution in [-0.2, 0) is 19.5 Å². The van der Waals surface area contributed by atoms with Gasteiger partial charge in [0.25, 0.3) is 0 Å². The lowest BCUT2D eigenvalue weighted by atomic mass is 10.1. The summed E-state index contributed by atoms with van der Waals surface area (Å²) in [5.41, 5.74) is 4.92. The third-order valence-electron chi connectivity index (χ3n) is 4.22. The molecule has 0 unspecified atom stereocenters. The first-order valence-electron chi connectivity index (χ1n) is 7.94. The Morgan fingerprint density at radius 2 is 2.09 bits per heavy atom. The van der Waals surface area contributed by atoms with Gasteiger partial charge >= 0.3 is 0 Å². The Morgan fingerprint density at radius 1 is 1.22 bits per heavy atom. The van der Waals surface area contributed by atoms with Crippen LogP contribution in [0.2, 0.25) is 0 Å². The number of aryl methyl sites for hydroxylation is 1. The molecule has 2 aromatic heterocycles. The average molecular weight is 321 g/mol. The molecule has 0 spiro atoms. The van der Waals surface area contributed by atoms with E-state index >= 15 is 0 Å². The highest BCUT2D eigenvalue weighted by Gasteiger charge is 2.19. The summed E-state index contributed by atoms with van der Waals surface area (Å²) in [4.78, 5) is 13.3. The third-order valence-corrected chi connectivity index (χ3v) is 5.26. The maximum Gasteiger partial charge on any atom is 0.159 e. The Balaban J connectivity index is 1.56. The molecular weight excluding hydrogens is 302 g/mol. The van der Waals surface area contributed by atoms with Gasteiger partial charge in [-0.1, -0.05) is 30.3 Å². The van der Waals surface area contributed by atoms with E-state index in [1.165, 1.54) is 21.7 Å². The highest BCUT2D eigenvalue weighted by atomic mass is 32.1. The molecule has 0 saturated heterocycles. The summed E-state index contributed by atoms with van der Waals surface area (Å²) in [6, 6.07) is 12.5. The minimum absolute atomic E-state index is 0.832. The van der Waals surface area contributed by atoms with Crippen molar-refractivity contribution in [1.29, 1.82) is 0 Å². The van der Waals surface area contributed by atoms with E-state index in [-0.39, 0.29) is 0 Å². The molecule has 4 rings (SSSR count). The number of fused-ring (bicyclic) bond motifs is 1. The Hall–Kier alpha value is -2.04. The van der Waals surface area contributed by atoms with Gasteiger partial charge < -0.3 is 0 Å². The molecule has 0 N–H and O–H groups in total. The zero-order chi connectivity index (χ0) is 15.6. The second kappa shape index (κ2) is 6.22. The molecule has 0 atom stereocenters. The SMILES string of the molecule is Cc1csc(CN2CCc3cnc(-c4ccccc4)nc3C2)c1. The first-order valence-corrected chi connectivity index (χ1v) is 8.82. The first kappa shape index (κ1) is 14.5. The lowest BCUT2D eigenvalue weighted by molar-refractivity contribution is 0.243. The number of hydrogen-bond donors (Lipinski definition) is 0. The van der Waals surface area contributed by atoms with Gasteiger partial charge in [-0.25, -0.2) is 9.97 Å². The van der Waals surface area contributed by atoms with Crippen molar-refractivity contribution in [1.82, 2.24) is 14.9 Å². The van der Waals surface area contributed by atoms with Gasteiger partial charge in [-0.2, -0.15) is 0 Å². The van der Waals surface area contributed by atoms with Crippen LogP contribution in [0, 0.1) is 6.92 Å². The number of aromatic nitrogens is 2. The van der Waals surface area contributed by atoms with Crippen LogP contribution in [0.3, 0.4) is 0 Å². The molecular formula is C19H19N3S. The average Bonchev–Trinajstić information content (AvgIpc) is 3.00. The summed E-state index contributed by atoms with van der Waals surface area (Å²) in [5.74, 6) is 0.832. The van der Waals surface area contributed by atoms with Crippen molar-refractivity contribution in [3.8, 4) is 11.4 Å². The second-order valence-corrected chi connectivity index (χ2v) is 7.08. The van der Waals surface area contributed by atoms with Gasteiger partial charge in [0.1, 0.15) is 0 Å². The van der Waals surface area contributed by atoms with Crippen molar-refractivity contribution in [3.63, 3.8) is 0 Å². The number of benzene rings is 1. The van der Waals surface area contributed by atoms with E-state index in [4.69, 9.17) is 4.98 Å². The molecule has 3 heterocycles. The standard InChI is InChI=1S/C19H19N3S/c1-14-9-17(23-13-14)11-22-8-7-16-10-20-19(21-18(16)12-22)15-5-3-2-4-6-15/h2-6,9-10,13H,7-8,11-12H2,1H3. The molecule has 0 amide bonds. The van der Waals surface area contributed by atoms with Crippen molar-refractivity contribution >= 4 is 11.3 Å². The largest absolute Gasteiger partial charge is 0.292 e. The predicted molar refractivity (Wildman–Crippen MR) is 94.3 cm³/mol. The van der Waals surface area contributed by atoms with Crippen LogP contribution in [0.15, 0.2) is 48.0 Å². The maximum atomic E-state index is 4.83. The van der Waals surface area contributed by atoms with Crippen LogP contribution in [-0.4, -0.2) is 21.4 Å². The van der Waals surface area contributed by atoms with Crippen molar-refractivity contribution in [3.05, 3.63) is 69.7 Å². The second-order valence-electron chi connectivity index (χ2n) is 6.08. The zero-order valence-corrected chi connectivity index (χ0v) is 14.0. The summed E-state index contributed by atoms with van der Waals surface area (Å²) >= 11 is 1.85. The smallest absolute Gasteiger partial charge is 0.159 e. The lowest BCUT2D eigenvalue weighted by Crippen LogP contribution is -2.30. The number of thiophene rings is 1. The number of rotatable bonds is 3. The van der Waals surface area contributed by atoms with Crippen molar-refractivity contribution < 1.29 is 0 Å². The maximum absolute atomic E-state index is 4.83. The fourth-order valence-corrected chi connectivity index (χ4v) is 3.93. The van der Waals surface area contributed by atoms with E-state index in [1.54, 1.807) is 0 Å². The van der Waals surface area contributed by atoms with Gasteiger partial charge in [0.05, 0.1) is 5.69 Å². The highest BCUT2D eigenvalue weighted by Crippen LogP contribution is 2.23. The Kier molecular flexibility index (Phi) is 3.93. The normalized spacial score (nSPS) is 14.7. The quantitative estimate of drug-likeness (QED) is 0.728. The number of nitrogens with zero attached hydrogens (tertiary/aromatic N) is 3. The Bertz CT molecular complexity index is 810. The van der Waals surface area contributed by atoms with Gasteiger partial charge in [0.2, 0.25) is 0 Å². The summed E-state index contributed by atoms with van der Waals surface area (Å²) in [6.45, 7) is 5.17. The molecule has 0 fully saturated rings. The van der Waals surface area contributed by atoms with E-state index in [0.29, 0.717) is 0 Å². The van der Waals surface area contributed by atoms with Crippen molar-refractivity contribution in [2.24, 2.45) is 0 Å². The minimum atomic E-state index is 0.832. The van der Waals surface area contributed by atoms with Gasteiger partial charge in [-0.05, 0) is 35.9 Å². The Labute approximate surface area is 140 Å². The number of hydrogen-bond acceptors (Lipinski definition) is 4. The zero-order valence-electron chi connectivity index (χ0n) is 13.2. The highest BCUT2D eigenvalue weighted by molar-refractivity contribution is 7.10. The first-order chi connectivity index (χ1) is 11.3. The summed E-state index contributed by atoms with van der Waals surface area (Å²) in [6.07, 6.45) is 3.05. The van der Waals surface area contributed by atoms with E-state index in [1.807, 2.05) is 35.7 Å². The summed E-state index contributed by atoms with van der Waals surface area (Å²) in [7, 11) is 0. The topological polar surface area (TPSA) is 29.0 Å². The molecule has 0 radical (unpaired) electrons. The third kappa shape index (κ3) is 3.19. The molecule has 23 heavy (non-hydrogen) atoms. The summed E-state index contributed by atoms with van der Waals surface area (Å²) in [5, 5.41) is 2.23. The molecule has 3 nitrogen and oxygen atoms in total. The Morgan fingerprint density at radius 3 is 2.87 bits per heavy atom. The van der Waals surface area contributed by atoms with E-state index < -0.39 is 0 Å². The molecule has 1 aliphatic heterocycles. The van der Waals surface area contributed by atoms with Crippen LogP contribution in [0.1, 0.15) is 21.7 Å². The van der Waals surface area contributed by atoms with Gasteiger partial charge in [-0.15, -0.1) is 11.3 Å². The van der Waals surface area contributed by atoms with Crippen LogP contribution in [0.5, 0.6) is 0 Å².